The summed E-state index contributed by atoms with van der Waals surface area (Å²) in [6.07, 6.45) is 8.24. The van der Waals surface area contributed by atoms with Crippen molar-refractivity contribution in [2.24, 2.45) is 11.7 Å². The predicted octanol–water partition coefficient (Wildman–Crippen LogP) is 1.29. The topological polar surface area (TPSA) is 231 Å². The molecule has 0 spiro atoms. The van der Waals surface area contributed by atoms with Gasteiger partial charge in [0.05, 0.1) is 48.8 Å². The zero-order valence-corrected chi connectivity index (χ0v) is 28.6. The van der Waals surface area contributed by atoms with Crippen LogP contribution in [0.15, 0.2) is 60.8 Å². The lowest BCUT2D eigenvalue weighted by Crippen LogP contribution is -2.61. The summed E-state index contributed by atoms with van der Waals surface area (Å²) in [5.74, 6) is -5.41. The smallest absolute Gasteiger partial charge is 0.330 e. The molecule has 8 N–H and O–H groups in total. The Kier molecular flexibility index (Phi) is 14.9. The molecule has 4 aliphatic heterocycles. The maximum absolute atomic E-state index is 12.5. The first-order valence-electron chi connectivity index (χ1n) is 17.4. The van der Waals surface area contributed by atoms with E-state index in [-0.39, 0.29) is 25.4 Å². The van der Waals surface area contributed by atoms with Crippen LogP contribution in [0.4, 0.5) is 0 Å². The normalized spacial score (nSPS) is 45.1. The monoisotopic (exact) mass is 707 g/mol. The Balaban J connectivity index is 1.58. The fourth-order valence-electron chi connectivity index (χ4n) is 6.54. The van der Waals surface area contributed by atoms with E-state index in [9.17, 15) is 40.2 Å². The fraction of sp³-hybridized carbons (Fsp3) is 0.667. The zero-order valence-electron chi connectivity index (χ0n) is 28.6. The lowest BCUT2D eigenvalue weighted by atomic mass is 9.83. The molecule has 0 unspecified atom stereocenters. The molecular formula is C36H53NO13. The maximum atomic E-state index is 12.5. The standard InChI is InChI=1S/C36H53NO13/c1-3-4-12-23-13-10-8-6-5-7-9-11-14-24(48-35-33(42)31(37)32(41)21(2)46-35)18-28-30(34(43)44)25(39)20-36(45,50-28)19-22(38)17-27-26(49-27)15-16-29(40)47-23/h5-11,14-16,21-28,30-33,35,38-39,41-42,45H,3-4,12-13,17-20,37H2,1-2H3,(H,43,44)/b6-5+,9-7+,10-8+,14-11+,16-15+/t21-,22+,23-,24-,25-,26+,27-,28+,30-,31+,32-,33-,35+,36-/m0/s1. The third-order valence-corrected chi connectivity index (χ3v) is 9.35. The quantitative estimate of drug-likeness (QED) is 0.152. The number of nitrogens with two attached hydrogens (primary N) is 1. The van der Waals surface area contributed by atoms with Crippen LogP contribution in [0, 0.1) is 5.92 Å². The van der Waals surface area contributed by atoms with E-state index in [4.69, 9.17) is 29.4 Å². The van der Waals surface area contributed by atoms with E-state index < -0.39 is 97.3 Å². The number of aliphatic hydroxyl groups excluding tert-OH is 4. The summed E-state index contributed by atoms with van der Waals surface area (Å²) in [7, 11) is 0. The molecule has 4 heterocycles. The summed E-state index contributed by atoms with van der Waals surface area (Å²) in [5, 5.41) is 64.2. The average Bonchev–Trinajstić information content (AvgIpc) is 3.78. The summed E-state index contributed by atoms with van der Waals surface area (Å²) in [6.45, 7) is 3.64. The number of allylic oxidation sites excluding steroid dienone is 6. The number of carboxylic acids is 1. The highest BCUT2D eigenvalue weighted by molar-refractivity contribution is 5.82. The first-order valence-corrected chi connectivity index (χ1v) is 17.4. The molecular weight excluding hydrogens is 654 g/mol. The highest BCUT2D eigenvalue weighted by atomic mass is 16.7. The number of carboxylic acid groups (broad SMARTS) is 1. The Morgan fingerprint density at radius 1 is 0.980 bits per heavy atom. The summed E-state index contributed by atoms with van der Waals surface area (Å²) >= 11 is 0. The van der Waals surface area contributed by atoms with Gasteiger partial charge in [-0.3, -0.25) is 4.79 Å². The number of hydrogen-bond acceptors (Lipinski definition) is 13. The SMILES string of the molecule is CCCC[C@H]1C/C=C/C=C/C=C/C=C/[C@H](O[C@H]2O[C@@H](C)[C@H](O)[C@@H](N)[C@@H]2O)C[C@H]2O[C@@](O)(C[C@H](O)C[C@@H]3O[C@@H]3/C=C/C(=O)O1)C[C@H](O)[C@@H]2C(=O)O. The minimum Gasteiger partial charge on any atom is -0.481 e. The van der Waals surface area contributed by atoms with E-state index in [0.29, 0.717) is 6.42 Å². The number of carbonyl (C=O) groups is 2. The number of epoxide rings is 1. The van der Waals surface area contributed by atoms with E-state index in [1.165, 1.54) is 6.08 Å². The number of cyclic esters (lactones) is 1. The number of aliphatic hydroxyl groups is 5. The van der Waals surface area contributed by atoms with Gasteiger partial charge in [0.25, 0.3) is 0 Å². The fourth-order valence-corrected chi connectivity index (χ4v) is 6.54. The van der Waals surface area contributed by atoms with Gasteiger partial charge in [-0.2, -0.15) is 0 Å². The Hall–Kier alpha value is -2.76. The Labute approximate surface area is 292 Å². The Morgan fingerprint density at radius 3 is 2.42 bits per heavy atom. The van der Waals surface area contributed by atoms with Crippen LogP contribution in [-0.4, -0.2) is 122 Å². The van der Waals surface area contributed by atoms with Crippen LogP contribution in [0.1, 0.15) is 65.2 Å². The van der Waals surface area contributed by atoms with Crippen molar-refractivity contribution in [3.8, 4) is 0 Å². The number of carbonyl (C=O) groups excluding carboxylic acids is 1. The van der Waals surface area contributed by atoms with Crippen LogP contribution in [0.5, 0.6) is 0 Å². The summed E-state index contributed by atoms with van der Waals surface area (Å²) in [4.78, 5) is 24.8. The molecule has 14 heteroatoms. The van der Waals surface area contributed by atoms with Crippen LogP contribution in [0.2, 0.25) is 0 Å². The summed E-state index contributed by atoms with van der Waals surface area (Å²) in [6, 6.07) is -1.08. The second kappa shape index (κ2) is 18.6. The number of rotatable bonds is 6. The van der Waals surface area contributed by atoms with Crippen molar-refractivity contribution in [3.05, 3.63) is 60.8 Å². The molecule has 0 saturated carbocycles. The number of unbranched alkanes of at least 4 members (excludes halogenated alkanes) is 1. The number of esters is 1. The number of fused-ring (bicyclic) bond motifs is 3. The van der Waals surface area contributed by atoms with Gasteiger partial charge in [0.1, 0.15) is 24.2 Å². The summed E-state index contributed by atoms with van der Waals surface area (Å²) in [5.41, 5.74) is 6.00. The lowest BCUT2D eigenvalue weighted by molar-refractivity contribution is -0.308. The van der Waals surface area contributed by atoms with Gasteiger partial charge in [-0.05, 0) is 19.4 Å². The van der Waals surface area contributed by atoms with E-state index in [1.807, 2.05) is 18.2 Å². The molecule has 0 aromatic rings. The Bertz CT molecular complexity index is 1270. The second-order valence-electron chi connectivity index (χ2n) is 13.5. The molecule has 0 aliphatic carbocycles. The number of aliphatic carboxylic acids is 1. The number of hydrogen-bond donors (Lipinski definition) is 7. The molecule has 0 aromatic heterocycles. The van der Waals surface area contributed by atoms with E-state index in [0.717, 1.165) is 19.3 Å². The van der Waals surface area contributed by atoms with Crippen molar-refractivity contribution in [2.75, 3.05) is 0 Å². The molecule has 14 nitrogen and oxygen atoms in total. The predicted molar refractivity (Wildman–Crippen MR) is 179 cm³/mol. The van der Waals surface area contributed by atoms with Crippen LogP contribution >= 0.6 is 0 Å². The first-order chi connectivity index (χ1) is 23.8. The van der Waals surface area contributed by atoms with Crippen LogP contribution in [0.25, 0.3) is 0 Å². The number of ether oxygens (including phenoxy) is 5. The zero-order chi connectivity index (χ0) is 36.4. The third kappa shape index (κ3) is 11.6. The second-order valence-corrected chi connectivity index (χ2v) is 13.5. The lowest BCUT2D eigenvalue weighted by Gasteiger charge is -2.45. The van der Waals surface area contributed by atoms with Gasteiger partial charge in [-0.1, -0.05) is 68.4 Å². The van der Waals surface area contributed by atoms with Crippen molar-refractivity contribution in [1.29, 1.82) is 0 Å². The van der Waals surface area contributed by atoms with Gasteiger partial charge >= 0.3 is 11.9 Å². The van der Waals surface area contributed by atoms with Crippen molar-refractivity contribution in [2.45, 2.75) is 144 Å². The van der Waals surface area contributed by atoms with Crippen molar-refractivity contribution < 1.29 is 63.9 Å². The molecule has 4 aliphatic rings. The first kappa shape index (κ1) is 40.0. The Morgan fingerprint density at radius 2 is 1.70 bits per heavy atom. The molecule has 3 saturated heterocycles. The van der Waals surface area contributed by atoms with E-state index >= 15 is 0 Å². The molecule has 0 aromatic carbocycles. The highest BCUT2D eigenvalue weighted by Crippen LogP contribution is 2.39. The van der Waals surface area contributed by atoms with Gasteiger partial charge in [-0.25, -0.2) is 4.79 Å². The van der Waals surface area contributed by atoms with Gasteiger partial charge in [0, 0.05) is 38.2 Å². The van der Waals surface area contributed by atoms with Crippen molar-refractivity contribution in [3.63, 3.8) is 0 Å². The van der Waals surface area contributed by atoms with Gasteiger partial charge < -0.3 is 60.1 Å². The molecule has 2 bridgehead atoms. The van der Waals surface area contributed by atoms with Crippen LogP contribution in [-0.2, 0) is 33.3 Å². The minimum atomic E-state index is -2.10. The van der Waals surface area contributed by atoms with E-state index in [1.54, 1.807) is 43.4 Å². The molecule has 3 fully saturated rings. The molecule has 0 radical (unpaired) electrons. The molecule has 4 rings (SSSR count). The molecule has 280 valence electrons. The molecule has 50 heavy (non-hydrogen) atoms. The average molecular weight is 708 g/mol. The minimum absolute atomic E-state index is 0.0816. The maximum Gasteiger partial charge on any atom is 0.330 e. The van der Waals surface area contributed by atoms with Crippen LogP contribution in [0.3, 0.4) is 0 Å². The van der Waals surface area contributed by atoms with Crippen molar-refractivity contribution >= 4 is 11.9 Å². The third-order valence-electron chi connectivity index (χ3n) is 9.35. The molecule has 14 atom stereocenters. The summed E-state index contributed by atoms with van der Waals surface area (Å²) < 4.78 is 29.0. The van der Waals surface area contributed by atoms with E-state index in [2.05, 4.69) is 6.92 Å². The highest BCUT2D eigenvalue weighted by Gasteiger charge is 2.51. The van der Waals surface area contributed by atoms with Gasteiger partial charge in [-0.15, -0.1) is 0 Å². The molecule has 0 amide bonds. The van der Waals surface area contributed by atoms with Gasteiger partial charge in [0.15, 0.2) is 12.1 Å². The van der Waals surface area contributed by atoms with Crippen LogP contribution < -0.4 is 5.73 Å². The van der Waals surface area contributed by atoms with Crippen molar-refractivity contribution in [1.82, 2.24) is 0 Å². The largest absolute Gasteiger partial charge is 0.481 e. The van der Waals surface area contributed by atoms with Gasteiger partial charge in [0.2, 0.25) is 0 Å².